The summed E-state index contributed by atoms with van der Waals surface area (Å²) in [7, 11) is 4.76. The number of rotatable bonds is 7. The second-order valence-corrected chi connectivity index (χ2v) is 6.96. The smallest absolute Gasteiger partial charge is 0.283 e. The first kappa shape index (κ1) is 20.5. The van der Waals surface area contributed by atoms with Gasteiger partial charge in [0.05, 0.1) is 27.0 Å². The summed E-state index contributed by atoms with van der Waals surface area (Å²) in [6.07, 6.45) is 3.52. The van der Waals surface area contributed by atoms with Crippen LogP contribution >= 0.6 is 11.8 Å². The number of methoxy groups -OCH3 is 3. The maximum absolute atomic E-state index is 13.1. The molecule has 150 valence electrons. The van der Waals surface area contributed by atoms with Crippen LogP contribution in [0, 0.1) is 0 Å². The molecule has 3 rings (SSSR count). The van der Waals surface area contributed by atoms with Crippen LogP contribution in [-0.2, 0) is 4.79 Å². The van der Waals surface area contributed by atoms with Crippen LogP contribution in [-0.4, -0.2) is 38.2 Å². The molecule has 0 fully saturated rings. The lowest BCUT2D eigenvalue weighted by Gasteiger charge is -2.17. The molecular formula is C22H22N2O4S. The van der Waals surface area contributed by atoms with Gasteiger partial charge in [0.1, 0.15) is 11.4 Å². The molecule has 2 aromatic carbocycles. The van der Waals surface area contributed by atoms with Crippen LogP contribution in [0.15, 0.2) is 65.8 Å². The Morgan fingerprint density at radius 1 is 1.03 bits per heavy atom. The number of amidine groups is 1. The molecule has 7 heteroatoms. The fourth-order valence-corrected chi connectivity index (χ4v) is 3.53. The molecule has 0 unspecified atom stereocenters. The van der Waals surface area contributed by atoms with E-state index in [1.807, 2.05) is 30.3 Å². The zero-order valence-corrected chi connectivity index (χ0v) is 17.4. The Morgan fingerprint density at radius 3 is 2.38 bits per heavy atom. The number of carbonyl (C=O) groups is 1. The maximum Gasteiger partial charge on any atom is 0.283 e. The van der Waals surface area contributed by atoms with Gasteiger partial charge in [-0.2, -0.15) is 0 Å². The summed E-state index contributed by atoms with van der Waals surface area (Å²) in [5.74, 6) is 2.38. The predicted molar refractivity (Wildman–Crippen MR) is 118 cm³/mol. The Morgan fingerprint density at radius 2 is 1.76 bits per heavy atom. The summed E-state index contributed by atoms with van der Waals surface area (Å²) in [5.41, 5.74) is 1.86. The lowest BCUT2D eigenvalue weighted by atomic mass is 10.1. The lowest BCUT2D eigenvalue weighted by molar-refractivity contribution is -0.113. The molecule has 0 saturated heterocycles. The van der Waals surface area contributed by atoms with Crippen molar-refractivity contribution in [2.24, 2.45) is 4.99 Å². The Labute approximate surface area is 174 Å². The van der Waals surface area contributed by atoms with Gasteiger partial charge in [-0.05, 0) is 48.0 Å². The Kier molecular flexibility index (Phi) is 6.61. The number of aliphatic imine (C=N–C) groups is 1. The summed E-state index contributed by atoms with van der Waals surface area (Å²) in [6, 6.07) is 12.7. The zero-order valence-electron chi connectivity index (χ0n) is 16.5. The van der Waals surface area contributed by atoms with E-state index in [1.54, 1.807) is 50.5 Å². The van der Waals surface area contributed by atoms with E-state index in [9.17, 15) is 4.79 Å². The minimum atomic E-state index is -0.198. The van der Waals surface area contributed by atoms with Gasteiger partial charge in [0.2, 0.25) is 0 Å². The molecule has 0 radical (unpaired) electrons. The van der Waals surface area contributed by atoms with Crippen LogP contribution in [0.3, 0.4) is 0 Å². The van der Waals surface area contributed by atoms with Gasteiger partial charge in [-0.15, -0.1) is 6.58 Å². The van der Waals surface area contributed by atoms with Crippen molar-refractivity contribution in [2.45, 2.75) is 0 Å². The molecule has 2 aromatic rings. The van der Waals surface area contributed by atoms with Crippen LogP contribution in [0.2, 0.25) is 0 Å². The second-order valence-electron chi connectivity index (χ2n) is 5.98. The Balaban J connectivity index is 1.97. The predicted octanol–water partition coefficient (Wildman–Crippen LogP) is 4.38. The molecule has 0 aromatic heterocycles. The Hall–Kier alpha value is -3.19. The van der Waals surface area contributed by atoms with Crippen molar-refractivity contribution in [1.82, 2.24) is 0 Å². The highest BCUT2D eigenvalue weighted by molar-refractivity contribution is 8.14. The van der Waals surface area contributed by atoms with E-state index < -0.39 is 0 Å². The number of benzene rings is 2. The number of carbonyl (C=O) groups excluding carboxylic acids is 1. The van der Waals surface area contributed by atoms with Crippen LogP contribution < -0.4 is 19.1 Å². The number of ether oxygens (including phenoxy) is 3. The second kappa shape index (κ2) is 9.34. The van der Waals surface area contributed by atoms with Gasteiger partial charge in [0.25, 0.3) is 5.91 Å². The van der Waals surface area contributed by atoms with E-state index in [2.05, 4.69) is 11.6 Å². The molecule has 0 saturated carbocycles. The summed E-state index contributed by atoms with van der Waals surface area (Å²) in [6.45, 7) is 3.75. The normalized spacial score (nSPS) is 14.7. The van der Waals surface area contributed by atoms with E-state index in [4.69, 9.17) is 14.2 Å². The topological polar surface area (TPSA) is 60.4 Å². The summed E-state index contributed by atoms with van der Waals surface area (Å²) in [5, 5.41) is 0.604. The van der Waals surface area contributed by atoms with Crippen molar-refractivity contribution in [1.29, 1.82) is 0 Å². The van der Waals surface area contributed by atoms with Crippen molar-refractivity contribution in [2.75, 3.05) is 32.0 Å². The number of anilines is 1. The molecular weight excluding hydrogens is 388 g/mol. The number of thioether (sulfide) groups is 1. The number of amides is 1. The van der Waals surface area contributed by atoms with Crippen LogP contribution in [0.5, 0.6) is 17.2 Å². The first-order chi connectivity index (χ1) is 14.1. The Bertz CT molecular complexity index is 967. The summed E-state index contributed by atoms with van der Waals surface area (Å²) >= 11 is 1.45. The SMILES string of the molecule is C=CCSC1=NC(=Cc2ccc(OC)c(OC)c2)C(=O)N1c1ccc(OC)cc1. The number of hydrogen-bond donors (Lipinski definition) is 0. The van der Waals surface area contributed by atoms with Crippen molar-refractivity contribution in [3.8, 4) is 17.2 Å². The van der Waals surface area contributed by atoms with Gasteiger partial charge in [-0.25, -0.2) is 4.99 Å². The zero-order chi connectivity index (χ0) is 20.8. The van der Waals surface area contributed by atoms with E-state index >= 15 is 0 Å². The summed E-state index contributed by atoms with van der Waals surface area (Å²) < 4.78 is 15.8. The molecule has 1 aliphatic rings. The lowest BCUT2D eigenvalue weighted by Crippen LogP contribution is -2.30. The number of nitrogens with zero attached hydrogens (tertiary/aromatic N) is 2. The molecule has 0 atom stereocenters. The minimum absolute atomic E-state index is 0.198. The van der Waals surface area contributed by atoms with E-state index in [0.29, 0.717) is 28.1 Å². The van der Waals surface area contributed by atoms with Gasteiger partial charge in [-0.3, -0.25) is 9.69 Å². The van der Waals surface area contributed by atoms with Crippen LogP contribution in [0.4, 0.5) is 5.69 Å². The molecule has 0 N–H and O–H groups in total. The van der Waals surface area contributed by atoms with Crippen molar-refractivity contribution in [3.63, 3.8) is 0 Å². The van der Waals surface area contributed by atoms with Crippen molar-refractivity contribution >= 4 is 34.6 Å². The largest absolute Gasteiger partial charge is 0.497 e. The molecule has 0 spiro atoms. The minimum Gasteiger partial charge on any atom is -0.497 e. The first-order valence-corrected chi connectivity index (χ1v) is 9.84. The van der Waals surface area contributed by atoms with Crippen LogP contribution in [0.25, 0.3) is 6.08 Å². The molecule has 1 heterocycles. The molecule has 0 bridgehead atoms. The monoisotopic (exact) mass is 410 g/mol. The highest BCUT2D eigenvalue weighted by Gasteiger charge is 2.31. The standard InChI is InChI=1S/C22H22N2O4S/c1-5-12-29-22-23-18(13-15-6-11-19(27-3)20(14-15)28-4)21(25)24(22)16-7-9-17(26-2)10-8-16/h5-11,13-14H,1,12H2,2-4H3. The van der Waals surface area contributed by atoms with Gasteiger partial charge in [-0.1, -0.05) is 23.9 Å². The fraction of sp³-hybridized carbons (Fsp3) is 0.182. The third kappa shape index (κ3) is 4.46. The number of hydrogen-bond acceptors (Lipinski definition) is 6. The highest BCUT2D eigenvalue weighted by Crippen LogP contribution is 2.32. The van der Waals surface area contributed by atoms with Crippen LogP contribution in [0.1, 0.15) is 5.56 Å². The van der Waals surface area contributed by atoms with E-state index in [1.165, 1.54) is 11.8 Å². The van der Waals surface area contributed by atoms with Gasteiger partial charge in [0, 0.05) is 5.75 Å². The molecule has 6 nitrogen and oxygen atoms in total. The molecule has 29 heavy (non-hydrogen) atoms. The maximum atomic E-state index is 13.1. The third-order valence-electron chi connectivity index (χ3n) is 4.20. The fourth-order valence-electron chi connectivity index (χ4n) is 2.79. The molecule has 1 amide bonds. The van der Waals surface area contributed by atoms with Crippen molar-refractivity contribution in [3.05, 3.63) is 66.4 Å². The van der Waals surface area contributed by atoms with E-state index in [-0.39, 0.29) is 5.91 Å². The average Bonchev–Trinajstić information content (AvgIpc) is 3.07. The van der Waals surface area contributed by atoms with Gasteiger partial charge < -0.3 is 14.2 Å². The third-order valence-corrected chi connectivity index (χ3v) is 5.14. The van der Waals surface area contributed by atoms with Gasteiger partial charge >= 0.3 is 0 Å². The van der Waals surface area contributed by atoms with Gasteiger partial charge in [0.15, 0.2) is 16.7 Å². The average molecular weight is 410 g/mol. The summed E-state index contributed by atoms with van der Waals surface area (Å²) in [4.78, 5) is 19.3. The molecule has 0 aliphatic carbocycles. The van der Waals surface area contributed by atoms with Crippen molar-refractivity contribution < 1.29 is 19.0 Å². The first-order valence-electron chi connectivity index (χ1n) is 8.86. The molecule has 1 aliphatic heterocycles. The highest BCUT2D eigenvalue weighted by atomic mass is 32.2. The quantitative estimate of drug-likeness (QED) is 0.501. The van der Waals surface area contributed by atoms with E-state index in [0.717, 1.165) is 17.0 Å².